The number of hydrogen-bond donors (Lipinski definition) is 0. The lowest BCUT2D eigenvalue weighted by Gasteiger charge is -2.09. The van der Waals surface area contributed by atoms with Crippen molar-refractivity contribution >= 4 is 5.78 Å². The Bertz CT molecular complexity index is 557. The van der Waals surface area contributed by atoms with Crippen LogP contribution < -0.4 is 10.2 Å². The fraction of sp³-hybridized carbons (Fsp3) is 0.684. The van der Waals surface area contributed by atoms with E-state index in [-0.39, 0.29) is 5.43 Å². The summed E-state index contributed by atoms with van der Waals surface area (Å²) in [5, 5.41) is 0. The Balaban J connectivity index is 2.30. The number of Topliss-reactive ketones (excluding diaryl/α,β-unsaturated/α-hetero) is 1. The van der Waals surface area contributed by atoms with Gasteiger partial charge < -0.3 is 9.15 Å². The summed E-state index contributed by atoms with van der Waals surface area (Å²) in [6, 6.07) is 0. The van der Waals surface area contributed by atoms with Crippen LogP contribution in [0.4, 0.5) is 0 Å². The van der Waals surface area contributed by atoms with Crippen LogP contribution in [-0.4, -0.2) is 12.9 Å². The van der Waals surface area contributed by atoms with E-state index in [4.69, 9.17) is 9.15 Å². The van der Waals surface area contributed by atoms with E-state index in [1.165, 1.54) is 7.11 Å². The van der Waals surface area contributed by atoms with Crippen molar-refractivity contribution in [2.45, 2.75) is 78.6 Å². The first kappa shape index (κ1) is 19.5. The highest BCUT2D eigenvalue weighted by Crippen LogP contribution is 2.20. The van der Waals surface area contributed by atoms with Crippen molar-refractivity contribution in [3.63, 3.8) is 0 Å². The molecule has 1 heterocycles. The number of ether oxygens (including phenoxy) is 1. The number of carbonyl (C=O) groups is 1. The first-order valence-electron chi connectivity index (χ1n) is 8.70. The third-order valence-electron chi connectivity index (χ3n) is 4.31. The molecule has 1 aromatic heterocycles. The first-order chi connectivity index (χ1) is 11.0. The average Bonchev–Trinajstić information content (AvgIpc) is 2.56. The van der Waals surface area contributed by atoms with Crippen LogP contribution in [0, 0.1) is 13.8 Å². The van der Waals surface area contributed by atoms with E-state index in [2.05, 4.69) is 0 Å². The molecule has 0 aliphatic carbocycles. The molecule has 0 aliphatic heterocycles. The van der Waals surface area contributed by atoms with E-state index >= 15 is 0 Å². The topological polar surface area (TPSA) is 56.5 Å². The van der Waals surface area contributed by atoms with Crippen molar-refractivity contribution in [2.75, 3.05) is 7.11 Å². The van der Waals surface area contributed by atoms with Crippen LogP contribution in [0.1, 0.15) is 75.2 Å². The molecule has 23 heavy (non-hydrogen) atoms. The molecule has 0 aliphatic rings. The molecule has 0 aromatic carbocycles. The molecule has 0 fully saturated rings. The number of unbranched alkanes of at least 4 members (excludes halogenated alkanes) is 5. The Morgan fingerprint density at radius 2 is 1.61 bits per heavy atom. The number of ketones is 1. The van der Waals surface area contributed by atoms with E-state index in [9.17, 15) is 9.59 Å². The third-order valence-corrected chi connectivity index (χ3v) is 4.31. The molecule has 0 radical (unpaired) electrons. The van der Waals surface area contributed by atoms with Gasteiger partial charge >= 0.3 is 0 Å². The van der Waals surface area contributed by atoms with Gasteiger partial charge in [-0.25, -0.2) is 0 Å². The fourth-order valence-corrected chi connectivity index (χ4v) is 2.69. The molecule has 4 nitrogen and oxygen atoms in total. The van der Waals surface area contributed by atoms with Crippen molar-refractivity contribution in [3.05, 3.63) is 27.1 Å². The molecule has 0 spiro atoms. The van der Waals surface area contributed by atoms with Gasteiger partial charge in [0.05, 0.1) is 12.7 Å². The van der Waals surface area contributed by atoms with Crippen molar-refractivity contribution in [3.8, 4) is 5.95 Å². The van der Waals surface area contributed by atoms with Crippen LogP contribution in [-0.2, 0) is 11.2 Å². The smallest absolute Gasteiger partial charge is 0.291 e. The summed E-state index contributed by atoms with van der Waals surface area (Å²) in [7, 11) is 1.52. The van der Waals surface area contributed by atoms with Crippen LogP contribution in [0.2, 0.25) is 0 Å². The second kappa shape index (κ2) is 10.2. The Morgan fingerprint density at radius 3 is 2.22 bits per heavy atom. The fourth-order valence-electron chi connectivity index (χ4n) is 2.69. The Morgan fingerprint density at radius 1 is 1.00 bits per heavy atom. The Hall–Kier alpha value is -1.58. The number of rotatable bonds is 11. The first-order valence-corrected chi connectivity index (χ1v) is 8.70. The minimum Gasteiger partial charge on any atom is -0.468 e. The van der Waals surface area contributed by atoms with Crippen LogP contribution in [0.3, 0.4) is 0 Å². The van der Waals surface area contributed by atoms with Gasteiger partial charge in [-0.2, -0.15) is 0 Å². The van der Waals surface area contributed by atoms with Crippen molar-refractivity contribution in [1.29, 1.82) is 0 Å². The van der Waals surface area contributed by atoms with E-state index in [0.29, 0.717) is 29.3 Å². The van der Waals surface area contributed by atoms with Gasteiger partial charge in [-0.3, -0.25) is 9.59 Å². The molecule has 4 heteroatoms. The van der Waals surface area contributed by atoms with Crippen molar-refractivity contribution in [2.24, 2.45) is 0 Å². The normalized spacial score (nSPS) is 10.8. The second-order valence-corrected chi connectivity index (χ2v) is 6.11. The molecular weight excluding hydrogens is 292 g/mol. The van der Waals surface area contributed by atoms with Crippen molar-refractivity contribution in [1.82, 2.24) is 0 Å². The molecule has 0 unspecified atom stereocenters. The van der Waals surface area contributed by atoms with Gasteiger partial charge in [0.15, 0.2) is 5.43 Å². The SMILES string of the molecule is CCC(=O)CCCCCCCCc1oc(OC)c(C)c(=O)c1C. The second-order valence-electron chi connectivity index (χ2n) is 6.11. The maximum atomic E-state index is 12.1. The van der Waals surface area contributed by atoms with E-state index < -0.39 is 0 Å². The van der Waals surface area contributed by atoms with Gasteiger partial charge in [0.1, 0.15) is 11.5 Å². The lowest BCUT2D eigenvalue weighted by molar-refractivity contribution is -0.118. The number of carbonyl (C=O) groups excluding carboxylic acids is 1. The molecule has 0 saturated heterocycles. The molecule has 0 atom stereocenters. The predicted molar refractivity (Wildman–Crippen MR) is 92.3 cm³/mol. The lowest BCUT2D eigenvalue weighted by atomic mass is 10.0. The zero-order chi connectivity index (χ0) is 17.2. The highest BCUT2D eigenvalue weighted by atomic mass is 16.6. The zero-order valence-electron chi connectivity index (χ0n) is 15.0. The molecule has 1 rings (SSSR count). The number of aryl methyl sites for hydroxylation is 1. The van der Waals surface area contributed by atoms with Gasteiger partial charge in [0.2, 0.25) is 0 Å². The molecule has 0 amide bonds. The number of hydrogen-bond acceptors (Lipinski definition) is 4. The molecule has 0 saturated carbocycles. The van der Waals surface area contributed by atoms with E-state index in [1.807, 2.05) is 13.8 Å². The van der Waals surface area contributed by atoms with Crippen LogP contribution >= 0.6 is 0 Å². The summed E-state index contributed by atoms with van der Waals surface area (Å²) < 4.78 is 10.8. The standard InChI is InChI=1S/C19H30O4/c1-5-16(20)12-10-8-6-7-9-11-13-17-14(2)18(21)15(3)19(22-4)23-17/h5-13H2,1-4H3. The highest BCUT2D eigenvalue weighted by molar-refractivity contribution is 5.77. The van der Waals surface area contributed by atoms with Gasteiger partial charge in [0.25, 0.3) is 5.95 Å². The molecule has 130 valence electrons. The lowest BCUT2D eigenvalue weighted by Crippen LogP contribution is -2.13. The van der Waals surface area contributed by atoms with Crippen LogP contribution in [0.5, 0.6) is 5.95 Å². The maximum absolute atomic E-state index is 12.1. The maximum Gasteiger partial charge on any atom is 0.291 e. The van der Waals surface area contributed by atoms with Gasteiger partial charge in [-0.05, 0) is 26.7 Å². The summed E-state index contributed by atoms with van der Waals surface area (Å²) in [5.41, 5.74) is 1.25. The monoisotopic (exact) mass is 322 g/mol. The largest absolute Gasteiger partial charge is 0.468 e. The van der Waals surface area contributed by atoms with Crippen LogP contribution in [0.15, 0.2) is 9.21 Å². The predicted octanol–water partition coefficient (Wildman–Crippen LogP) is 4.52. The summed E-state index contributed by atoms with van der Waals surface area (Å²) in [6.45, 7) is 5.46. The van der Waals surface area contributed by atoms with Crippen molar-refractivity contribution < 1.29 is 13.9 Å². The Kier molecular flexibility index (Phi) is 8.67. The van der Waals surface area contributed by atoms with E-state index in [1.54, 1.807) is 6.92 Å². The van der Waals surface area contributed by atoms with E-state index in [0.717, 1.165) is 57.1 Å². The highest BCUT2D eigenvalue weighted by Gasteiger charge is 2.13. The van der Waals surface area contributed by atoms with Gasteiger partial charge in [-0.15, -0.1) is 0 Å². The summed E-state index contributed by atoms with van der Waals surface area (Å²) in [4.78, 5) is 23.3. The Labute approximate surface area is 139 Å². The zero-order valence-corrected chi connectivity index (χ0v) is 15.0. The van der Waals surface area contributed by atoms with Gasteiger partial charge in [0, 0.05) is 24.8 Å². The molecule has 0 N–H and O–H groups in total. The summed E-state index contributed by atoms with van der Waals surface area (Å²) >= 11 is 0. The molecule has 0 bridgehead atoms. The minimum absolute atomic E-state index is 0.0173. The minimum atomic E-state index is 0.0173. The molecular formula is C19H30O4. The third kappa shape index (κ3) is 6.20. The number of methoxy groups -OCH3 is 1. The molecule has 1 aromatic rings. The summed E-state index contributed by atoms with van der Waals surface area (Å²) in [5.74, 6) is 1.44. The van der Waals surface area contributed by atoms with Crippen LogP contribution in [0.25, 0.3) is 0 Å². The average molecular weight is 322 g/mol. The quantitative estimate of drug-likeness (QED) is 0.562. The van der Waals surface area contributed by atoms with Gasteiger partial charge in [-0.1, -0.05) is 32.6 Å². The summed E-state index contributed by atoms with van der Waals surface area (Å²) in [6.07, 6.45) is 8.73.